The lowest BCUT2D eigenvalue weighted by atomic mass is 10.0. The summed E-state index contributed by atoms with van der Waals surface area (Å²) in [6.07, 6.45) is 0. The Morgan fingerprint density at radius 3 is 2.26 bits per heavy atom. The van der Waals surface area contributed by atoms with Crippen molar-refractivity contribution in [3.8, 4) is 0 Å². The SMILES string of the molecule is CCN(CC)c1ccc(N2CCN(C(=O)c3ccc(C)cc3C)CC2)nn1. The third-order valence-electron chi connectivity index (χ3n) is 5.23. The molecule has 1 saturated heterocycles. The number of aromatic nitrogens is 2. The molecule has 27 heavy (non-hydrogen) atoms. The van der Waals surface area contributed by atoms with Crippen LogP contribution in [0.3, 0.4) is 0 Å². The second-order valence-electron chi connectivity index (χ2n) is 7.02. The zero-order chi connectivity index (χ0) is 19.4. The van der Waals surface area contributed by atoms with Crippen molar-refractivity contribution in [2.24, 2.45) is 0 Å². The molecule has 1 aliphatic heterocycles. The Morgan fingerprint density at radius 1 is 1.00 bits per heavy atom. The monoisotopic (exact) mass is 367 g/mol. The number of carbonyl (C=O) groups excluding carboxylic acids is 1. The van der Waals surface area contributed by atoms with Gasteiger partial charge in [-0.15, -0.1) is 10.2 Å². The Balaban J connectivity index is 1.62. The van der Waals surface area contributed by atoms with Gasteiger partial charge in [0.05, 0.1) is 0 Å². The van der Waals surface area contributed by atoms with Crippen LogP contribution >= 0.6 is 0 Å². The van der Waals surface area contributed by atoms with E-state index in [1.54, 1.807) is 0 Å². The van der Waals surface area contributed by atoms with Crippen molar-refractivity contribution >= 4 is 17.5 Å². The van der Waals surface area contributed by atoms with E-state index in [2.05, 4.69) is 39.9 Å². The minimum atomic E-state index is 0.120. The summed E-state index contributed by atoms with van der Waals surface area (Å²) in [4.78, 5) is 19.1. The highest BCUT2D eigenvalue weighted by atomic mass is 16.2. The van der Waals surface area contributed by atoms with Gasteiger partial charge in [-0.25, -0.2) is 0 Å². The van der Waals surface area contributed by atoms with Gasteiger partial charge in [-0.3, -0.25) is 4.79 Å². The second-order valence-corrected chi connectivity index (χ2v) is 7.02. The molecule has 0 bridgehead atoms. The molecule has 0 aliphatic carbocycles. The first-order valence-corrected chi connectivity index (χ1v) is 9.73. The lowest BCUT2D eigenvalue weighted by Gasteiger charge is -2.35. The molecule has 6 nitrogen and oxygen atoms in total. The van der Waals surface area contributed by atoms with Crippen molar-refractivity contribution in [3.05, 3.63) is 47.0 Å². The molecule has 2 heterocycles. The van der Waals surface area contributed by atoms with E-state index in [-0.39, 0.29) is 5.91 Å². The van der Waals surface area contributed by atoms with E-state index in [1.165, 1.54) is 5.56 Å². The minimum absolute atomic E-state index is 0.120. The summed E-state index contributed by atoms with van der Waals surface area (Å²) < 4.78 is 0. The van der Waals surface area contributed by atoms with Crippen LogP contribution in [0.2, 0.25) is 0 Å². The van der Waals surface area contributed by atoms with E-state index in [0.717, 1.165) is 48.9 Å². The average Bonchev–Trinajstić information content (AvgIpc) is 2.69. The van der Waals surface area contributed by atoms with Crippen molar-refractivity contribution in [1.29, 1.82) is 0 Å². The first kappa shape index (κ1) is 19.1. The number of rotatable bonds is 5. The summed E-state index contributed by atoms with van der Waals surface area (Å²) in [5, 5.41) is 8.77. The lowest BCUT2D eigenvalue weighted by molar-refractivity contribution is 0.0745. The second kappa shape index (κ2) is 8.37. The highest BCUT2D eigenvalue weighted by molar-refractivity contribution is 5.95. The molecule has 0 saturated carbocycles. The Kier molecular flexibility index (Phi) is 5.94. The molecule has 6 heteroatoms. The molecule has 0 unspecified atom stereocenters. The number of amides is 1. The summed E-state index contributed by atoms with van der Waals surface area (Å²) in [6, 6.07) is 10.1. The van der Waals surface area contributed by atoms with Gasteiger partial charge >= 0.3 is 0 Å². The molecule has 0 radical (unpaired) electrons. The van der Waals surface area contributed by atoms with Crippen LogP contribution in [0.5, 0.6) is 0 Å². The van der Waals surface area contributed by atoms with Crippen LogP contribution in [-0.2, 0) is 0 Å². The Hall–Kier alpha value is -2.63. The summed E-state index contributed by atoms with van der Waals surface area (Å²) in [6.45, 7) is 13.1. The number of carbonyl (C=O) groups is 1. The Bertz CT molecular complexity index is 778. The van der Waals surface area contributed by atoms with E-state index < -0.39 is 0 Å². The fourth-order valence-electron chi connectivity index (χ4n) is 3.57. The number of aryl methyl sites for hydroxylation is 2. The van der Waals surface area contributed by atoms with E-state index in [9.17, 15) is 4.79 Å². The normalized spacial score (nSPS) is 14.4. The molecule has 0 spiro atoms. The molecule has 3 rings (SSSR count). The molecular formula is C21H29N5O. The predicted octanol–water partition coefficient (Wildman–Crippen LogP) is 2.90. The van der Waals surface area contributed by atoms with Gasteiger partial charge in [-0.1, -0.05) is 17.7 Å². The van der Waals surface area contributed by atoms with Crippen molar-refractivity contribution in [3.63, 3.8) is 0 Å². The van der Waals surface area contributed by atoms with Crippen LogP contribution in [0, 0.1) is 13.8 Å². The van der Waals surface area contributed by atoms with Gasteiger partial charge in [0, 0.05) is 44.8 Å². The molecule has 1 fully saturated rings. The maximum atomic E-state index is 12.8. The molecule has 1 aromatic carbocycles. The van der Waals surface area contributed by atoms with Crippen molar-refractivity contribution in [2.45, 2.75) is 27.7 Å². The van der Waals surface area contributed by atoms with Crippen LogP contribution in [0.25, 0.3) is 0 Å². The van der Waals surface area contributed by atoms with Crippen LogP contribution < -0.4 is 9.80 Å². The average molecular weight is 367 g/mol. The number of benzene rings is 1. The number of hydrogen-bond donors (Lipinski definition) is 0. The van der Waals surface area contributed by atoms with E-state index in [4.69, 9.17) is 0 Å². The Morgan fingerprint density at radius 2 is 1.70 bits per heavy atom. The highest BCUT2D eigenvalue weighted by Gasteiger charge is 2.24. The first-order chi connectivity index (χ1) is 13.0. The molecule has 0 atom stereocenters. The fraction of sp³-hybridized carbons (Fsp3) is 0.476. The van der Waals surface area contributed by atoms with Crippen LogP contribution in [0.4, 0.5) is 11.6 Å². The Labute approximate surface area is 161 Å². The standard InChI is InChI=1S/C21H29N5O/c1-5-24(6-2)19-9-10-20(23-22-19)25-11-13-26(14-12-25)21(27)18-8-7-16(3)15-17(18)4/h7-10,15H,5-6,11-14H2,1-4H3. The van der Waals surface area contributed by atoms with Gasteiger partial charge < -0.3 is 14.7 Å². The minimum Gasteiger partial charge on any atom is -0.356 e. The smallest absolute Gasteiger partial charge is 0.254 e. The zero-order valence-corrected chi connectivity index (χ0v) is 16.8. The van der Waals surface area contributed by atoms with Gasteiger partial charge in [0.15, 0.2) is 11.6 Å². The summed E-state index contributed by atoms with van der Waals surface area (Å²) in [5.74, 6) is 1.91. The molecule has 144 valence electrons. The van der Waals surface area contributed by atoms with Gasteiger partial charge in [0.2, 0.25) is 0 Å². The van der Waals surface area contributed by atoms with Crippen LogP contribution in [0.15, 0.2) is 30.3 Å². The first-order valence-electron chi connectivity index (χ1n) is 9.73. The number of hydrogen-bond acceptors (Lipinski definition) is 5. The third kappa shape index (κ3) is 4.21. The lowest BCUT2D eigenvalue weighted by Crippen LogP contribution is -2.49. The maximum Gasteiger partial charge on any atom is 0.254 e. The summed E-state index contributed by atoms with van der Waals surface area (Å²) >= 11 is 0. The molecule has 1 amide bonds. The van der Waals surface area contributed by atoms with Crippen molar-refractivity contribution in [2.75, 3.05) is 49.1 Å². The van der Waals surface area contributed by atoms with E-state index >= 15 is 0 Å². The molecule has 1 aromatic heterocycles. The van der Waals surface area contributed by atoms with Crippen molar-refractivity contribution < 1.29 is 4.79 Å². The largest absolute Gasteiger partial charge is 0.356 e. The third-order valence-corrected chi connectivity index (χ3v) is 5.23. The van der Waals surface area contributed by atoms with E-state index in [0.29, 0.717) is 13.1 Å². The number of piperazine rings is 1. The fourth-order valence-corrected chi connectivity index (χ4v) is 3.57. The molecule has 1 aliphatic rings. The number of anilines is 2. The van der Waals surface area contributed by atoms with Crippen LogP contribution in [0.1, 0.15) is 35.3 Å². The summed E-state index contributed by atoms with van der Waals surface area (Å²) in [7, 11) is 0. The van der Waals surface area contributed by atoms with Gasteiger partial charge in [-0.2, -0.15) is 0 Å². The zero-order valence-electron chi connectivity index (χ0n) is 16.8. The highest BCUT2D eigenvalue weighted by Crippen LogP contribution is 2.19. The van der Waals surface area contributed by atoms with Gasteiger partial charge in [-0.05, 0) is 51.5 Å². The van der Waals surface area contributed by atoms with Gasteiger partial charge in [0.1, 0.15) is 0 Å². The van der Waals surface area contributed by atoms with E-state index in [1.807, 2.05) is 43.0 Å². The summed E-state index contributed by atoms with van der Waals surface area (Å²) in [5.41, 5.74) is 3.03. The quantitative estimate of drug-likeness (QED) is 0.813. The van der Waals surface area contributed by atoms with Crippen LogP contribution in [-0.4, -0.2) is 60.3 Å². The number of nitrogens with zero attached hydrogens (tertiary/aromatic N) is 5. The molecule has 2 aromatic rings. The van der Waals surface area contributed by atoms with Crippen molar-refractivity contribution in [1.82, 2.24) is 15.1 Å². The van der Waals surface area contributed by atoms with Gasteiger partial charge in [0.25, 0.3) is 5.91 Å². The topological polar surface area (TPSA) is 52.6 Å². The molecular weight excluding hydrogens is 338 g/mol. The maximum absolute atomic E-state index is 12.8. The predicted molar refractivity (Wildman–Crippen MR) is 110 cm³/mol. The molecule has 0 N–H and O–H groups in total.